The fraction of sp³-hybridized carbons (Fsp3) is 0.583. The molecule has 1 saturated heterocycles. The van der Waals surface area contributed by atoms with Gasteiger partial charge >= 0.3 is 0 Å². The first-order valence-electron chi connectivity index (χ1n) is 5.57. The minimum atomic E-state index is 0.533. The van der Waals surface area contributed by atoms with Gasteiger partial charge in [-0.2, -0.15) is 0 Å². The van der Waals surface area contributed by atoms with Crippen LogP contribution in [0.3, 0.4) is 0 Å². The zero-order valence-electron chi connectivity index (χ0n) is 9.48. The van der Waals surface area contributed by atoms with Crippen molar-refractivity contribution in [3.63, 3.8) is 0 Å². The molecule has 3 nitrogen and oxygen atoms in total. The van der Waals surface area contributed by atoms with Gasteiger partial charge in [0.2, 0.25) is 0 Å². The van der Waals surface area contributed by atoms with Crippen molar-refractivity contribution in [3.8, 4) is 0 Å². The Labute approximate surface area is 91.5 Å². The first kappa shape index (κ1) is 10.6. The molecular formula is C12H19N3. The zero-order valence-corrected chi connectivity index (χ0v) is 9.48. The second kappa shape index (κ2) is 4.73. The summed E-state index contributed by atoms with van der Waals surface area (Å²) in [5.74, 6) is 0.712. The van der Waals surface area contributed by atoms with Crippen molar-refractivity contribution in [2.24, 2.45) is 5.92 Å². The highest BCUT2D eigenvalue weighted by atomic mass is 15.2. The molecule has 0 aromatic carbocycles. The maximum absolute atomic E-state index is 4.21. The Bertz CT molecular complexity index is 297. The summed E-state index contributed by atoms with van der Waals surface area (Å²) in [6.45, 7) is 2.27. The molecule has 2 rings (SSSR count). The van der Waals surface area contributed by atoms with E-state index in [1.54, 1.807) is 0 Å². The zero-order chi connectivity index (χ0) is 10.7. The van der Waals surface area contributed by atoms with Crippen LogP contribution in [0.2, 0.25) is 0 Å². The van der Waals surface area contributed by atoms with E-state index in [2.05, 4.69) is 28.3 Å². The van der Waals surface area contributed by atoms with Gasteiger partial charge in [0, 0.05) is 18.4 Å². The van der Waals surface area contributed by atoms with E-state index in [1.165, 1.54) is 18.5 Å². The Morgan fingerprint density at radius 2 is 2.47 bits per heavy atom. The van der Waals surface area contributed by atoms with E-state index in [-0.39, 0.29) is 0 Å². The molecule has 0 aliphatic carbocycles. The molecule has 0 bridgehead atoms. The highest BCUT2D eigenvalue weighted by Gasteiger charge is 2.32. The van der Waals surface area contributed by atoms with Gasteiger partial charge in [-0.25, -0.2) is 0 Å². The van der Waals surface area contributed by atoms with Crippen molar-refractivity contribution in [1.29, 1.82) is 0 Å². The molecule has 0 saturated carbocycles. The standard InChI is InChI=1S/C12H19N3/c1-13-8-11-5-7-15(2)12(11)10-4-3-6-14-9-10/h3-4,6,9,11-13H,5,7-8H2,1-2H3/t11-,12-/m1/s1. The fourth-order valence-electron chi connectivity index (χ4n) is 2.58. The van der Waals surface area contributed by atoms with Gasteiger partial charge in [-0.1, -0.05) is 6.07 Å². The van der Waals surface area contributed by atoms with Gasteiger partial charge in [-0.05, 0) is 51.2 Å². The quantitative estimate of drug-likeness (QED) is 0.806. The van der Waals surface area contributed by atoms with Crippen molar-refractivity contribution in [2.45, 2.75) is 12.5 Å². The second-order valence-electron chi connectivity index (χ2n) is 4.32. The van der Waals surface area contributed by atoms with E-state index >= 15 is 0 Å². The van der Waals surface area contributed by atoms with Crippen LogP contribution >= 0.6 is 0 Å². The van der Waals surface area contributed by atoms with Crippen LogP contribution < -0.4 is 5.32 Å². The lowest BCUT2D eigenvalue weighted by molar-refractivity contribution is 0.274. The first-order chi connectivity index (χ1) is 7.33. The Balaban J connectivity index is 2.17. The van der Waals surface area contributed by atoms with Gasteiger partial charge in [0.15, 0.2) is 0 Å². The number of pyridine rings is 1. The molecular weight excluding hydrogens is 186 g/mol. The smallest absolute Gasteiger partial charge is 0.0401 e. The number of hydrogen-bond acceptors (Lipinski definition) is 3. The van der Waals surface area contributed by atoms with Crippen molar-refractivity contribution < 1.29 is 0 Å². The van der Waals surface area contributed by atoms with Crippen molar-refractivity contribution in [1.82, 2.24) is 15.2 Å². The van der Waals surface area contributed by atoms with Crippen molar-refractivity contribution in [2.75, 3.05) is 27.2 Å². The van der Waals surface area contributed by atoms with E-state index in [0.717, 1.165) is 6.54 Å². The maximum Gasteiger partial charge on any atom is 0.0401 e. The highest BCUT2D eigenvalue weighted by molar-refractivity contribution is 5.16. The fourth-order valence-corrected chi connectivity index (χ4v) is 2.58. The molecule has 3 heteroatoms. The largest absolute Gasteiger partial charge is 0.319 e. The van der Waals surface area contributed by atoms with Gasteiger partial charge in [0.25, 0.3) is 0 Å². The average molecular weight is 205 g/mol. The van der Waals surface area contributed by atoms with E-state index in [4.69, 9.17) is 0 Å². The SMILES string of the molecule is CNC[C@H]1CCN(C)[C@@H]1c1cccnc1. The van der Waals surface area contributed by atoms with Crippen LogP contribution in [0, 0.1) is 5.92 Å². The number of nitrogens with one attached hydrogen (secondary N) is 1. The normalized spacial score (nSPS) is 27.1. The summed E-state index contributed by atoms with van der Waals surface area (Å²) < 4.78 is 0. The van der Waals surface area contributed by atoms with Crippen LogP contribution in [0.15, 0.2) is 24.5 Å². The number of hydrogen-bond donors (Lipinski definition) is 1. The Morgan fingerprint density at radius 1 is 1.60 bits per heavy atom. The van der Waals surface area contributed by atoms with Gasteiger partial charge in [0.1, 0.15) is 0 Å². The Kier molecular flexibility index (Phi) is 3.34. The summed E-state index contributed by atoms with van der Waals surface area (Å²) in [5, 5.41) is 3.28. The lowest BCUT2D eigenvalue weighted by Gasteiger charge is -2.25. The second-order valence-corrected chi connectivity index (χ2v) is 4.32. The molecule has 0 amide bonds. The van der Waals surface area contributed by atoms with Gasteiger partial charge in [-0.15, -0.1) is 0 Å². The van der Waals surface area contributed by atoms with Crippen LogP contribution in [0.1, 0.15) is 18.0 Å². The summed E-state index contributed by atoms with van der Waals surface area (Å²) in [7, 11) is 4.23. The minimum absolute atomic E-state index is 0.533. The topological polar surface area (TPSA) is 28.2 Å². The highest BCUT2D eigenvalue weighted by Crippen LogP contribution is 2.34. The van der Waals surface area contributed by atoms with Gasteiger partial charge in [-0.3, -0.25) is 9.88 Å². The van der Waals surface area contributed by atoms with Crippen molar-refractivity contribution in [3.05, 3.63) is 30.1 Å². The van der Waals surface area contributed by atoms with E-state index in [1.807, 2.05) is 25.5 Å². The van der Waals surface area contributed by atoms with Crippen molar-refractivity contribution >= 4 is 0 Å². The van der Waals surface area contributed by atoms with Crippen LogP contribution in [0.5, 0.6) is 0 Å². The summed E-state index contributed by atoms with van der Waals surface area (Å²) in [6.07, 6.45) is 5.11. The third-order valence-corrected chi connectivity index (χ3v) is 3.27. The predicted octanol–water partition coefficient (Wildman–Crippen LogP) is 1.29. The molecule has 1 aliphatic rings. The molecule has 82 valence electrons. The molecule has 1 aromatic rings. The van der Waals surface area contributed by atoms with E-state index < -0.39 is 0 Å². The summed E-state index contributed by atoms with van der Waals surface area (Å²) in [5.41, 5.74) is 1.35. The summed E-state index contributed by atoms with van der Waals surface area (Å²) in [4.78, 5) is 6.64. The van der Waals surface area contributed by atoms with Gasteiger partial charge < -0.3 is 5.32 Å². The minimum Gasteiger partial charge on any atom is -0.319 e. The molecule has 1 fully saturated rings. The van der Waals surface area contributed by atoms with Crippen LogP contribution in [0.25, 0.3) is 0 Å². The first-order valence-corrected chi connectivity index (χ1v) is 5.57. The third kappa shape index (κ3) is 2.19. The third-order valence-electron chi connectivity index (χ3n) is 3.27. The lowest BCUT2D eigenvalue weighted by atomic mass is 9.95. The van der Waals surface area contributed by atoms with E-state index in [0.29, 0.717) is 12.0 Å². The maximum atomic E-state index is 4.21. The Hall–Kier alpha value is -0.930. The average Bonchev–Trinajstić information content (AvgIpc) is 2.62. The molecule has 1 aromatic heterocycles. The van der Waals surface area contributed by atoms with E-state index in [9.17, 15) is 0 Å². The molecule has 0 radical (unpaired) electrons. The number of likely N-dealkylation sites (tertiary alicyclic amines) is 1. The molecule has 1 aliphatic heterocycles. The molecule has 2 heterocycles. The van der Waals surface area contributed by atoms with Crippen LogP contribution in [-0.4, -0.2) is 37.1 Å². The van der Waals surface area contributed by atoms with Gasteiger partial charge in [0.05, 0.1) is 0 Å². The number of aromatic nitrogens is 1. The van der Waals surface area contributed by atoms with Crippen LogP contribution in [-0.2, 0) is 0 Å². The van der Waals surface area contributed by atoms with Crippen LogP contribution in [0.4, 0.5) is 0 Å². The molecule has 1 N–H and O–H groups in total. The Morgan fingerprint density at radius 3 is 3.13 bits per heavy atom. The lowest BCUT2D eigenvalue weighted by Crippen LogP contribution is -2.26. The monoisotopic (exact) mass is 205 g/mol. The summed E-state index contributed by atoms with van der Waals surface area (Å²) >= 11 is 0. The number of rotatable bonds is 3. The summed E-state index contributed by atoms with van der Waals surface area (Å²) in [6, 6.07) is 4.74. The predicted molar refractivity (Wildman–Crippen MR) is 61.6 cm³/mol. The molecule has 15 heavy (non-hydrogen) atoms. The number of nitrogens with zero attached hydrogens (tertiary/aromatic N) is 2. The molecule has 0 spiro atoms. The molecule has 2 atom stereocenters. The molecule has 0 unspecified atom stereocenters.